The summed E-state index contributed by atoms with van der Waals surface area (Å²) in [5, 5.41) is 8.21. The molecular weight excluding hydrogens is 466 g/mol. The number of hydrogen-bond acceptors (Lipinski definition) is 7. The van der Waals surface area contributed by atoms with E-state index in [0.29, 0.717) is 17.0 Å². The lowest BCUT2D eigenvalue weighted by molar-refractivity contribution is 0.430. The summed E-state index contributed by atoms with van der Waals surface area (Å²) in [6.07, 6.45) is 1.51. The largest absolute Gasteiger partial charge is 0.337 e. The number of sulfonamides is 2. The minimum atomic E-state index is -3.96. The Hall–Kier alpha value is -2.86. The Labute approximate surface area is 194 Å². The van der Waals surface area contributed by atoms with Crippen LogP contribution in [0.2, 0.25) is 0 Å². The molecule has 12 heteroatoms. The third kappa shape index (κ3) is 5.22. The zero-order valence-corrected chi connectivity index (χ0v) is 21.3. The maximum Gasteiger partial charge on any atom is 0.265 e. The third-order valence-electron chi connectivity index (χ3n) is 5.03. The SMILES string of the molecule is Cc1noc(NS(=O)(=O)c2ccc(NS(=O)(=O)c3cn(C(C)C)nc3C(C)(C)C)cc2)c1C. The van der Waals surface area contributed by atoms with Crippen molar-refractivity contribution in [1.29, 1.82) is 0 Å². The highest BCUT2D eigenvalue weighted by atomic mass is 32.2. The van der Waals surface area contributed by atoms with Crippen molar-refractivity contribution in [2.45, 2.75) is 69.7 Å². The lowest BCUT2D eigenvalue weighted by Crippen LogP contribution is -2.20. The van der Waals surface area contributed by atoms with Crippen LogP contribution in [0.4, 0.5) is 11.6 Å². The number of benzene rings is 1. The Morgan fingerprint density at radius 3 is 2.06 bits per heavy atom. The van der Waals surface area contributed by atoms with E-state index in [1.807, 2.05) is 34.6 Å². The minimum absolute atomic E-state index is 0.0103. The van der Waals surface area contributed by atoms with Crippen LogP contribution < -0.4 is 9.44 Å². The van der Waals surface area contributed by atoms with E-state index in [4.69, 9.17) is 4.52 Å². The Morgan fingerprint density at radius 2 is 1.58 bits per heavy atom. The van der Waals surface area contributed by atoms with Crippen molar-refractivity contribution in [1.82, 2.24) is 14.9 Å². The Kier molecular flexibility index (Phi) is 6.37. The molecule has 2 heterocycles. The van der Waals surface area contributed by atoms with E-state index in [-0.39, 0.29) is 27.4 Å². The van der Waals surface area contributed by atoms with E-state index in [9.17, 15) is 16.8 Å². The Morgan fingerprint density at radius 1 is 0.970 bits per heavy atom. The van der Waals surface area contributed by atoms with E-state index < -0.39 is 25.5 Å². The molecule has 0 saturated heterocycles. The fourth-order valence-electron chi connectivity index (χ4n) is 2.96. The third-order valence-corrected chi connectivity index (χ3v) is 7.76. The van der Waals surface area contributed by atoms with E-state index in [2.05, 4.69) is 19.7 Å². The quantitative estimate of drug-likeness (QED) is 0.506. The smallest absolute Gasteiger partial charge is 0.265 e. The lowest BCUT2D eigenvalue weighted by Gasteiger charge is -2.18. The number of rotatable bonds is 7. The summed E-state index contributed by atoms with van der Waals surface area (Å²) in [4.78, 5) is 0.0279. The molecular formula is C21H29N5O5S2. The molecule has 0 atom stereocenters. The highest BCUT2D eigenvalue weighted by Gasteiger charge is 2.30. The number of hydrogen-bond donors (Lipinski definition) is 2. The first-order chi connectivity index (χ1) is 15.1. The lowest BCUT2D eigenvalue weighted by atomic mass is 9.92. The van der Waals surface area contributed by atoms with Gasteiger partial charge >= 0.3 is 0 Å². The van der Waals surface area contributed by atoms with Gasteiger partial charge in [-0.1, -0.05) is 25.9 Å². The predicted octanol–water partition coefficient (Wildman–Crippen LogP) is 3.97. The topological polar surface area (TPSA) is 136 Å². The van der Waals surface area contributed by atoms with Gasteiger partial charge in [0.25, 0.3) is 20.0 Å². The van der Waals surface area contributed by atoms with Crippen molar-refractivity contribution in [2.75, 3.05) is 9.44 Å². The molecule has 0 aliphatic rings. The van der Waals surface area contributed by atoms with Crippen LogP contribution in [0.15, 0.2) is 44.8 Å². The summed E-state index contributed by atoms with van der Waals surface area (Å²) in [6.45, 7) is 12.9. The van der Waals surface area contributed by atoms with Crippen LogP contribution in [0.25, 0.3) is 0 Å². The fourth-order valence-corrected chi connectivity index (χ4v) is 5.41. The first kappa shape index (κ1) is 24.8. The summed E-state index contributed by atoms with van der Waals surface area (Å²) in [6, 6.07) is 5.37. The molecule has 3 aromatic rings. The van der Waals surface area contributed by atoms with E-state index in [0.717, 1.165) is 0 Å². The van der Waals surface area contributed by atoms with Gasteiger partial charge in [0.2, 0.25) is 5.88 Å². The minimum Gasteiger partial charge on any atom is -0.337 e. The van der Waals surface area contributed by atoms with Gasteiger partial charge < -0.3 is 4.52 Å². The van der Waals surface area contributed by atoms with Gasteiger partial charge in [0, 0.05) is 28.9 Å². The average molecular weight is 496 g/mol. The first-order valence-corrected chi connectivity index (χ1v) is 13.3. The number of nitrogens with zero attached hydrogens (tertiary/aromatic N) is 3. The van der Waals surface area contributed by atoms with Crippen LogP contribution in [0.1, 0.15) is 57.6 Å². The van der Waals surface area contributed by atoms with Crippen LogP contribution in [0.3, 0.4) is 0 Å². The van der Waals surface area contributed by atoms with Crippen molar-refractivity contribution in [3.8, 4) is 0 Å². The second-order valence-electron chi connectivity index (χ2n) is 9.12. The number of aromatic nitrogens is 3. The molecule has 3 rings (SSSR count). The van der Waals surface area contributed by atoms with Crippen LogP contribution in [-0.2, 0) is 25.5 Å². The van der Waals surface area contributed by atoms with Crippen molar-refractivity contribution >= 4 is 31.6 Å². The van der Waals surface area contributed by atoms with Crippen LogP contribution in [-0.4, -0.2) is 31.8 Å². The molecule has 0 spiro atoms. The normalized spacial score (nSPS) is 12.8. The van der Waals surface area contributed by atoms with E-state index in [1.165, 1.54) is 30.5 Å². The fraction of sp³-hybridized carbons (Fsp3) is 0.429. The van der Waals surface area contributed by atoms with Crippen LogP contribution in [0.5, 0.6) is 0 Å². The highest BCUT2D eigenvalue weighted by Crippen LogP contribution is 2.30. The summed E-state index contributed by atoms with van der Waals surface area (Å²) in [5.74, 6) is 0.0363. The molecule has 0 aliphatic heterocycles. The second-order valence-corrected chi connectivity index (χ2v) is 12.5. The van der Waals surface area contributed by atoms with Gasteiger partial charge in [0.1, 0.15) is 4.90 Å². The summed E-state index contributed by atoms with van der Waals surface area (Å²) < 4.78 is 63.1. The van der Waals surface area contributed by atoms with Crippen molar-refractivity contribution < 1.29 is 21.4 Å². The maximum atomic E-state index is 13.2. The number of nitrogens with one attached hydrogen (secondary N) is 2. The monoisotopic (exact) mass is 495 g/mol. The number of aryl methyl sites for hydroxylation is 1. The van der Waals surface area contributed by atoms with Gasteiger partial charge in [-0.2, -0.15) is 5.10 Å². The molecule has 0 unspecified atom stereocenters. The summed E-state index contributed by atoms with van der Waals surface area (Å²) in [7, 11) is -7.90. The molecule has 2 aromatic heterocycles. The Bertz CT molecular complexity index is 1360. The standard InChI is InChI=1S/C21H29N5O5S2/c1-13(2)26-12-18(19(22-26)21(5,6)7)33(29,30)24-16-8-10-17(11-9-16)32(27,28)25-20-14(3)15(4)23-31-20/h8-13,24-25H,1-7H3. The molecule has 0 amide bonds. The van der Waals surface area contributed by atoms with E-state index in [1.54, 1.807) is 18.5 Å². The zero-order valence-electron chi connectivity index (χ0n) is 19.7. The van der Waals surface area contributed by atoms with Crippen LogP contribution >= 0.6 is 0 Å². The van der Waals surface area contributed by atoms with Crippen molar-refractivity contribution in [3.05, 3.63) is 47.4 Å². The van der Waals surface area contributed by atoms with Gasteiger partial charge in [-0.15, -0.1) is 0 Å². The number of anilines is 2. The van der Waals surface area contributed by atoms with Gasteiger partial charge in [0.05, 0.1) is 16.3 Å². The van der Waals surface area contributed by atoms with Gasteiger partial charge in [-0.3, -0.25) is 9.40 Å². The molecule has 180 valence electrons. The molecule has 0 bridgehead atoms. The second kappa shape index (κ2) is 8.49. The van der Waals surface area contributed by atoms with Crippen molar-refractivity contribution in [3.63, 3.8) is 0 Å². The van der Waals surface area contributed by atoms with Gasteiger partial charge in [-0.05, 0) is 52.0 Å². The molecule has 1 aromatic carbocycles. The molecule has 10 nitrogen and oxygen atoms in total. The molecule has 0 aliphatic carbocycles. The first-order valence-electron chi connectivity index (χ1n) is 10.3. The highest BCUT2D eigenvalue weighted by molar-refractivity contribution is 7.93. The summed E-state index contributed by atoms with van der Waals surface area (Å²) >= 11 is 0. The molecule has 2 N–H and O–H groups in total. The van der Waals surface area contributed by atoms with Gasteiger partial charge in [-0.25, -0.2) is 21.6 Å². The summed E-state index contributed by atoms with van der Waals surface area (Å²) in [5.41, 5.74) is 1.33. The zero-order chi connectivity index (χ0) is 24.8. The average Bonchev–Trinajstić information content (AvgIpc) is 3.29. The Balaban J connectivity index is 1.87. The van der Waals surface area contributed by atoms with Crippen LogP contribution in [0, 0.1) is 13.8 Å². The maximum absolute atomic E-state index is 13.2. The predicted molar refractivity (Wildman–Crippen MR) is 125 cm³/mol. The molecule has 0 saturated carbocycles. The van der Waals surface area contributed by atoms with E-state index >= 15 is 0 Å². The molecule has 0 fully saturated rings. The molecule has 0 radical (unpaired) electrons. The molecule has 33 heavy (non-hydrogen) atoms. The van der Waals surface area contributed by atoms with Crippen molar-refractivity contribution in [2.24, 2.45) is 0 Å². The van der Waals surface area contributed by atoms with Gasteiger partial charge in [0.15, 0.2) is 0 Å².